The molecule has 3 nitrogen and oxygen atoms in total. The molecule has 0 spiro atoms. The van der Waals surface area contributed by atoms with Crippen molar-refractivity contribution in [3.8, 4) is 0 Å². The van der Waals surface area contributed by atoms with E-state index in [0.29, 0.717) is 0 Å². The molecule has 0 saturated carbocycles. The van der Waals surface area contributed by atoms with Crippen molar-refractivity contribution in [3.63, 3.8) is 0 Å². The Morgan fingerprint density at radius 2 is 2.00 bits per heavy atom. The fourth-order valence-electron chi connectivity index (χ4n) is 1.62. The molecule has 2 aromatic rings. The fourth-order valence-corrected chi connectivity index (χ4v) is 1.62. The van der Waals surface area contributed by atoms with E-state index in [4.69, 9.17) is 10.1 Å². The van der Waals surface area contributed by atoms with Crippen LogP contribution in [0.2, 0.25) is 0 Å². The SMILES string of the molecule is O=C(O)c1ccc2c(BO)cccc2c1. The number of carbonyl (C=O) groups is 1. The lowest BCUT2D eigenvalue weighted by molar-refractivity contribution is 0.0697. The largest absolute Gasteiger partial charge is 0.478 e. The van der Waals surface area contributed by atoms with E-state index in [0.717, 1.165) is 16.2 Å². The van der Waals surface area contributed by atoms with Crippen LogP contribution in [0.5, 0.6) is 0 Å². The quantitative estimate of drug-likeness (QED) is 0.694. The van der Waals surface area contributed by atoms with Crippen LogP contribution >= 0.6 is 0 Å². The number of carboxylic acid groups (broad SMARTS) is 1. The number of benzene rings is 2. The smallest absolute Gasteiger partial charge is 0.335 e. The standard InChI is InChI=1S/C11H9BO3/c13-11(14)8-4-5-9-7(6-8)2-1-3-10(9)12-15/h1-6,12,15H,(H,13,14). The summed E-state index contributed by atoms with van der Waals surface area (Å²) in [5.41, 5.74) is 1.07. The Labute approximate surface area is 87.3 Å². The van der Waals surface area contributed by atoms with Crippen LogP contribution in [-0.2, 0) is 0 Å². The first kappa shape index (κ1) is 9.74. The van der Waals surface area contributed by atoms with Gasteiger partial charge in [-0.3, -0.25) is 0 Å². The molecule has 0 bridgehead atoms. The number of aromatic carboxylic acids is 1. The lowest BCUT2D eigenvalue weighted by atomic mass is 9.84. The van der Waals surface area contributed by atoms with Gasteiger partial charge in [0.2, 0.25) is 0 Å². The predicted molar refractivity (Wildman–Crippen MR) is 59.9 cm³/mol. The number of fused-ring (bicyclic) bond motifs is 1. The van der Waals surface area contributed by atoms with Gasteiger partial charge in [-0.2, -0.15) is 0 Å². The maximum Gasteiger partial charge on any atom is 0.335 e. The molecule has 2 N–H and O–H groups in total. The molecule has 0 radical (unpaired) electrons. The van der Waals surface area contributed by atoms with Crippen LogP contribution in [0.4, 0.5) is 0 Å². The van der Waals surface area contributed by atoms with E-state index in [9.17, 15) is 4.79 Å². The number of rotatable bonds is 2. The van der Waals surface area contributed by atoms with Crippen molar-refractivity contribution in [2.75, 3.05) is 0 Å². The zero-order chi connectivity index (χ0) is 10.8. The second-order valence-corrected chi connectivity index (χ2v) is 3.32. The molecule has 0 aliphatic rings. The Bertz CT molecular complexity index is 522. The summed E-state index contributed by atoms with van der Waals surface area (Å²) in [7, 11) is -0.0379. The molecule has 2 aromatic carbocycles. The predicted octanol–water partition coefficient (Wildman–Crippen LogP) is 0.507. The average molecular weight is 200 g/mol. The molecule has 0 atom stereocenters. The van der Waals surface area contributed by atoms with Crippen LogP contribution in [0.3, 0.4) is 0 Å². The Hall–Kier alpha value is -1.81. The summed E-state index contributed by atoms with van der Waals surface area (Å²) in [4.78, 5) is 10.7. The molecule has 0 aromatic heterocycles. The van der Waals surface area contributed by atoms with E-state index in [1.165, 1.54) is 0 Å². The van der Waals surface area contributed by atoms with Crippen LogP contribution in [-0.4, -0.2) is 23.6 Å². The Morgan fingerprint density at radius 3 is 2.67 bits per heavy atom. The van der Waals surface area contributed by atoms with E-state index >= 15 is 0 Å². The monoisotopic (exact) mass is 200 g/mol. The number of hydrogen-bond donors (Lipinski definition) is 2. The third-order valence-electron chi connectivity index (χ3n) is 2.39. The van der Waals surface area contributed by atoms with Gasteiger partial charge in [0.05, 0.1) is 5.56 Å². The molecule has 15 heavy (non-hydrogen) atoms. The first-order chi connectivity index (χ1) is 7.22. The molecular formula is C11H9BO3. The summed E-state index contributed by atoms with van der Waals surface area (Å²) in [5, 5.41) is 19.6. The minimum absolute atomic E-state index is 0.0379. The van der Waals surface area contributed by atoms with Gasteiger partial charge in [0.25, 0.3) is 0 Å². The van der Waals surface area contributed by atoms with Gasteiger partial charge in [-0.15, -0.1) is 0 Å². The number of carboxylic acids is 1. The molecule has 0 unspecified atom stereocenters. The Kier molecular flexibility index (Phi) is 2.43. The molecule has 2 rings (SSSR count). The molecule has 0 amide bonds. The zero-order valence-electron chi connectivity index (χ0n) is 7.97. The maximum atomic E-state index is 10.7. The van der Waals surface area contributed by atoms with Crippen LogP contribution < -0.4 is 5.46 Å². The van der Waals surface area contributed by atoms with Crippen molar-refractivity contribution in [3.05, 3.63) is 42.0 Å². The molecular weight excluding hydrogens is 191 g/mol. The maximum absolute atomic E-state index is 10.7. The third-order valence-corrected chi connectivity index (χ3v) is 2.39. The molecule has 0 fully saturated rings. The molecule has 0 heterocycles. The first-order valence-electron chi connectivity index (χ1n) is 4.58. The normalized spacial score (nSPS) is 10.2. The molecule has 0 aliphatic heterocycles. The average Bonchev–Trinajstić information content (AvgIpc) is 2.27. The Balaban J connectivity index is 2.69. The molecule has 4 heteroatoms. The second-order valence-electron chi connectivity index (χ2n) is 3.32. The fraction of sp³-hybridized carbons (Fsp3) is 0. The summed E-state index contributed by atoms with van der Waals surface area (Å²) in [6, 6.07) is 10.3. The van der Waals surface area contributed by atoms with Crippen LogP contribution in [0.1, 0.15) is 10.4 Å². The zero-order valence-corrected chi connectivity index (χ0v) is 7.97. The third kappa shape index (κ3) is 1.71. The van der Waals surface area contributed by atoms with E-state index in [1.807, 2.05) is 12.1 Å². The summed E-state index contributed by atoms with van der Waals surface area (Å²) >= 11 is 0. The first-order valence-corrected chi connectivity index (χ1v) is 4.58. The van der Waals surface area contributed by atoms with Gasteiger partial charge >= 0.3 is 13.5 Å². The van der Waals surface area contributed by atoms with E-state index in [-0.39, 0.29) is 13.0 Å². The van der Waals surface area contributed by atoms with Crippen molar-refractivity contribution in [1.82, 2.24) is 0 Å². The molecule has 0 aliphatic carbocycles. The van der Waals surface area contributed by atoms with Gasteiger partial charge < -0.3 is 10.1 Å². The highest BCUT2D eigenvalue weighted by Crippen LogP contribution is 2.13. The van der Waals surface area contributed by atoms with E-state index in [1.54, 1.807) is 24.3 Å². The minimum Gasteiger partial charge on any atom is -0.478 e. The lowest BCUT2D eigenvalue weighted by Crippen LogP contribution is -2.14. The van der Waals surface area contributed by atoms with Crippen LogP contribution in [0, 0.1) is 0 Å². The highest BCUT2D eigenvalue weighted by Gasteiger charge is 2.05. The van der Waals surface area contributed by atoms with Crippen molar-refractivity contribution >= 4 is 29.7 Å². The highest BCUT2D eigenvalue weighted by atomic mass is 16.4. The highest BCUT2D eigenvalue weighted by molar-refractivity contribution is 6.50. The summed E-state index contributed by atoms with van der Waals surface area (Å²) < 4.78 is 0. The van der Waals surface area contributed by atoms with Gasteiger partial charge in [-0.05, 0) is 28.4 Å². The Morgan fingerprint density at radius 1 is 1.20 bits per heavy atom. The van der Waals surface area contributed by atoms with Crippen molar-refractivity contribution in [1.29, 1.82) is 0 Å². The van der Waals surface area contributed by atoms with E-state index < -0.39 is 5.97 Å². The summed E-state index contributed by atoms with van der Waals surface area (Å²) in [6.07, 6.45) is 0. The van der Waals surface area contributed by atoms with Crippen molar-refractivity contribution < 1.29 is 14.9 Å². The van der Waals surface area contributed by atoms with Crippen LogP contribution in [0.25, 0.3) is 10.8 Å². The molecule has 0 saturated heterocycles. The van der Waals surface area contributed by atoms with Gasteiger partial charge in [0.1, 0.15) is 0 Å². The van der Waals surface area contributed by atoms with Gasteiger partial charge in [-0.25, -0.2) is 4.79 Å². The van der Waals surface area contributed by atoms with Crippen molar-refractivity contribution in [2.45, 2.75) is 0 Å². The topological polar surface area (TPSA) is 57.5 Å². The van der Waals surface area contributed by atoms with Gasteiger partial charge in [0, 0.05) is 0 Å². The van der Waals surface area contributed by atoms with Gasteiger partial charge in [-0.1, -0.05) is 24.3 Å². The summed E-state index contributed by atoms with van der Waals surface area (Å²) in [6.45, 7) is 0. The lowest BCUT2D eigenvalue weighted by Gasteiger charge is -2.03. The summed E-state index contributed by atoms with van der Waals surface area (Å²) in [5.74, 6) is -0.939. The number of hydrogen-bond acceptors (Lipinski definition) is 2. The second kappa shape index (κ2) is 3.75. The van der Waals surface area contributed by atoms with E-state index in [2.05, 4.69) is 0 Å². The van der Waals surface area contributed by atoms with Crippen molar-refractivity contribution in [2.24, 2.45) is 0 Å². The minimum atomic E-state index is -0.939. The van der Waals surface area contributed by atoms with Gasteiger partial charge in [0.15, 0.2) is 0 Å². The molecule has 74 valence electrons. The van der Waals surface area contributed by atoms with Crippen LogP contribution in [0.15, 0.2) is 36.4 Å².